The molecule has 1 aliphatic rings. The average molecular weight is 443 g/mol. The Morgan fingerprint density at radius 2 is 1.70 bits per heavy atom. The summed E-state index contributed by atoms with van der Waals surface area (Å²) in [7, 11) is 0. The third kappa shape index (κ3) is 6.77. The fourth-order valence-electron chi connectivity index (χ4n) is 3.04. The molecule has 1 fully saturated rings. The van der Waals surface area contributed by atoms with Gasteiger partial charge in [0.15, 0.2) is 0 Å². The van der Waals surface area contributed by atoms with Crippen LogP contribution in [0.3, 0.4) is 0 Å². The van der Waals surface area contributed by atoms with E-state index in [1.165, 1.54) is 17.9 Å². The number of alkyl halides is 6. The smallest absolute Gasteiger partial charge is 0.371 e. The van der Waals surface area contributed by atoms with Crippen LogP contribution in [-0.4, -0.2) is 42.8 Å². The molecule has 1 N–H and O–H groups in total. The van der Waals surface area contributed by atoms with Gasteiger partial charge in [0.25, 0.3) is 11.6 Å². The van der Waals surface area contributed by atoms with Crippen molar-refractivity contribution in [2.45, 2.75) is 46.0 Å². The van der Waals surface area contributed by atoms with Gasteiger partial charge in [0, 0.05) is 24.7 Å². The normalized spacial score (nSPS) is 15.3. The quantitative estimate of drug-likeness (QED) is 0.404. The van der Waals surface area contributed by atoms with Gasteiger partial charge in [0.1, 0.15) is 6.54 Å². The Balaban J connectivity index is 0.00000218. The number of nitrogens with zero attached hydrogens (tertiary/aromatic N) is 2. The van der Waals surface area contributed by atoms with Gasteiger partial charge >= 0.3 is 12.4 Å². The van der Waals surface area contributed by atoms with Gasteiger partial charge in [0.05, 0.1) is 22.1 Å². The summed E-state index contributed by atoms with van der Waals surface area (Å²) in [4.78, 5) is 24.0. The van der Waals surface area contributed by atoms with Crippen LogP contribution in [0, 0.1) is 23.0 Å². The monoisotopic (exact) mass is 443 g/mol. The number of nitro groups is 1. The maximum atomic E-state index is 12.8. The van der Waals surface area contributed by atoms with Crippen LogP contribution in [0.15, 0.2) is 12.1 Å². The molecule has 0 radical (unpaired) electrons. The van der Waals surface area contributed by atoms with E-state index in [-0.39, 0.29) is 42.7 Å². The number of nitro benzene ring substituents is 1. The Morgan fingerprint density at radius 3 is 2.13 bits per heavy atom. The highest BCUT2D eigenvalue weighted by molar-refractivity contribution is 6.01. The minimum atomic E-state index is -4.68. The largest absolute Gasteiger partial charge is 0.405 e. The Labute approximate surface area is 169 Å². The SMILES string of the molecule is CC.Cc1cc(N2CCC(C(F)(F)F)CC2)c(C(=O)NCC(F)(F)F)cc1[N+](=O)[O-]. The number of amides is 1. The van der Waals surface area contributed by atoms with E-state index < -0.39 is 41.3 Å². The molecule has 1 aliphatic heterocycles. The first-order chi connectivity index (χ1) is 13.8. The van der Waals surface area contributed by atoms with Gasteiger partial charge in [0.2, 0.25) is 0 Å². The number of anilines is 1. The van der Waals surface area contributed by atoms with Crippen LogP contribution in [-0.2, 0) is 0 Å². The fraction of sp³-hybridized carbons (Fsp3) is 0.611. The lowest BCUT2D eigenvalue weighted by molar-refractivity contribution is -0.385. The average Bonchev–Trinajstić information content (AvgIpc) is 2.66. The van der Waals surface area contributed by atoms with E-state index in [4.69, 9.17) is 0 Å². The molecule has 1 aromatic carbocycles. The van der Waals surface area contributed by atoms with E-state index in [0.29, 0.717) is 0 Å². The molecule has 1 saturated heterocycles. The van der Waals surface area contributed by atoms with E-state index in [1.807, 2.05) is 13.8 Å². The molecule has 0 atom stereocenters. The minimum Gasteiger partial charge on any atom is -0.371 e. The van der Waals surface area contributed by atoms with Crippen molar-refractivity contribution in [3.8, 4) is 0 Å². The maximum absolute atomic E-state index is 12.8. The molecule has 0 saturated carbocycles. The summed E-state index contributed by atoms with van der Waals surface area (Å²) in [6.07, 6.45) is -9.53. The van der Waals surface area contributed by atoms with Crippen LogP contribution < -0.4 is 10.2 Å². The van der Waals surface area contributed by atoms with Crippen LogP contribution in [0.2, 0.25) is 0 Å². The summed E-state index contributed by atoms with van der Waals surface area (Å²) in [6, 6.07) is 2.10. The second kappa shape index (κ2) is 9.98. The first-order valence-corrected chi connectivity index (χ1v) is 9.25. The number of rotatable bonds is 4. The van der Waals surface area contributed by atoms with Crippen molar-refractivity contribution in [1.82, 2.24) is 5.32 Å². The zero-order valence-electron chi connectivity index (χ0n) is 16.7. The Hall–Kier alpha value is -2.53. The fourth-order valence-corrected chi connectivity index (χ4v) is 3.04. The van der Waals surface area contributed by atoms with E-state index in [2.05, 4.69) is 0 Å². The van der Waals surface area contributed by atoms with E-state index >= 15 is 0 Å². The van der Waals surface area contributed by atoms with E-state index in [9.17, 15) is 41.3 Å². The predicted molar refractivity (Wildman–Crippen MR) is 98.6 cm³/mol. The third-order valence-electron chi connectivity index (χ3n) is 4.50. The molecule has 1 amide bonds. The highest BCUT2D eigenvalue weighted by Gasteiger charge is 2.41. The molecule has 1 aromatic rings. The molecule has 0 aromatic heterocycles. The summed E-state index contributed by atoms with van der Waals surface area (Å²) < 4.78 is 75.6. The van der Waals surface area contributed by atoms with Gasteiger partial charge in [-0.1, -0.05) is 13.8 Å². The van der Waals surface area contributed by atoms with E-state index in [1.54, 1.807) is 5.32 Å². The predicted octanol–water partition coefficient (Wildman–Crippen LogP) is 5.00. The topological polar surface area (TPSA) is 75.5 Å². The summed E-state index contributed by atoms with van der Waals surface area (Å²) >= 11 is 0. The van der Waals surface area contributed by atoms with Crippen molar-refractivity contribution >= 4 is 17.3 Å². The molecule has 1 heterocycles. The second-order valence-corrected chi connectivity index (χ2v) is 6.51. The molecular formula is C18H23F6N3O3. The zero-order valence-corrected chi connectivity index (χ0v) is 16.7. The Bertz CT molecular complexity index is 757. The summed E-state index contributed by atoms with van der Waals surface area (Å²) in [5, 5.41) is 12.8. The molecule has 12 heteroatoms. The van der Waals surface area contributed by atoms with Crippen molar-refractivity contribution < 1.29 is 36.1 Å². The van der Waals surface area contributed by atoms with Crippen molar-refractivity contribution in [3.05, 3.63) is 33.4 Å². The van der Waals surface area contributed by atoms with Crippen LogP contribution >= 0.6 is 0 Å². The second-order valence-electron chi connectivity index (χ2n) is 6.51. The number of halogens is 6. The molecule has 0 bridgehead atoms. The Kier molecular flexibility index (Phi) is 8.49. The standard InChI is InChI=1S/C16H17F6N3O3.C2H6/c1-9-6-13(24-4-2-10(3-5-24)16(20,21)22)11(7-12(9)25(27)28)14(26)23-8-15(17,18)19;1-2/h6-7,10H,2-5,8H2,1H3,(H,23,26);1-2H3. The highest BCUT2D eigenvalue weighted by Crippen LogP contribution is 2.37. The highest BCUT2D eigenvalue weighted by atomic mass is 19.4. The van der Waals surface area contributed by atoms with Gasteiger partial charge in [-0.15, -0.1) is 0 Å². The molecule has 170 valence electrons. The van der Waals surface area contributed by atoms with Crippen molar-refractivity contribution in [3.63, 3.8) is 0 Å². The molecule has 30 heavy (non-hydrogen) atoms. The molecular weight excluding hydrogens is 420 g/mol. The number of hydrogen-bond donors (Lipinski definition) is 1. The summed E-state index contributed by atoms with van der Waals surface area (Å²) in [5.74, 6) is -2.70. The van der Waals surface area contributed by atoms with Crippen molar-refractivity contribution in [1.29, 1.82) is 0 Å². The third-order valence-corrected chi connectivity index (χ3v) is 4.50. The van der Waals surface area contributed by atoms with Crippen LogP contribution in [0.25, 0.3) is 0 Å². The van der Waals surface area contributed by atoms with Crippen molar-refractivity contribution in [2.75, 3.05) is 24.5 Å². The van der Waals surface area contributed by atoms with Gasteiger partial charge in [-0.2, -0.15) is 26.3 Å². The lowest BCUT2D eigenvalue weighted by atomic mass is 9.95. The number of aryl methyl sites for hydroxylation is 1. The van der Waals surface area contributed by atoms with Crippen molar-refractivity contribution in [2.24, 2.45) is 5.92 Å². The van der Waals surface area contributed by atoms with Crippen LogP contribution in [0.4, 0.5) is 37.7 Å². The lowest BCUT2D eigenvalue weighted by Crippen LogP contribution is -2.40. The molecule has 0 unspecified atom stereocenters. The van der Waals surface area contributed by atoms with Gasteiger partial charge in [-0.3, -0.25) is 14.9 Å². The number of benzene rings is 1. The summed E-state index contributed by atoms with van der Waals surface area (Å²) in [6.45, 7) is 3.58. The van der Waals surface area contributed by atoms with Crippen LogP contribution in [0.1, 0.15) is 42.6 Å². The van der Waals surface area contributed by atoms with Gasteiger partial charge in [-0.25, -0.2) is 0 Å². The van der Waals surface area contributed by atoms with Crippen LogP contribution in [0.5, 0.6) is 0 Å². The number of carbonyl (C=O) groups excluding carboxylic acids is 1. The number of hydrogen-bond acceptors (Lipinski definition) is 4. The summed E-state index contributed by atoms with van der Waals surface area (Å²) in [5.41, 5.74) is -0.633. The first kappa shape index (κ1) is 25.5. The van der Waals surface area contributed by atoms with Gasteiger partial charge < -0.3 is 10.2 Å². The minimum absolute atomic E-state index is 0.0726. The molecule has 6 nitrogen and oxygen atoms in total. The number of piperidine rings is 1. The number of nitrogens with one attached hydrogen (secondary N) is 1. The Morgan fingerprint density at radius 1 is 1.17 bits per heavy atom. The molecule has 0 spiro atoms. The molecule has 2 rings (SSSR count). The maximum Gasteiger partial charge on any atom is 0.405 e. The zero-order chi connectivity index (χ0) is 23.3. The molecule has 0 aliphatic carbocycles. The number of carbonyl (C=O) groups is 1. The van der Waals surface area contributed by atoms with Gasteiger partial charge in [-0.05, 0) is 25.8 Å². The van der Waals surface area contributed by atoms with E-state index in [0.717, 1.165) is 6.07 Å². The first-order valence-electron chi connectivity index (χ1n) is 9.25. The lowest BCUT2D eigenvalue weighted by Gasteiger charge is -2.35.